The highest BCUT2D eigenvalue weighted by Crippen LogP contribution is 2.22. The molecule has 2 rings (SSSR count). The molecule has 1 heterocycles. The molecule has 0 spiro atoms. The zero-order valence-corrected chi connectivity index (χ0v) is 12.3. The number of benzene rings is 1. The van der Waals surface area contributed by atoms with E-state index in [-0.39, 0.29) is 29.9 Å². The third kappa shape index (κ3) is 3.43. The van der Waals surface area contributed by atoms with E-state index >= 15 is 0 Å². The Labute approximate surface area is 120 Å². The predicted octanol–water partition coefficient (Wildman–Crippen LogP) is 2.80. The molecule has 1 amide bonds. The van der Waals surface area contributed by atoms with Crippen LogP contribution in [-0.4, -0.2) is 19.0 Å². The summed E-state index contributed by atoms with van der Waals surface area (Å²) in [4.78, 5) is 11.9. The van der Waals surface area contributed by atoms with Gasteiger partial charge in [0, 0.05) is 10.4 Å². The Morgan fingerprint density at radius 3 is 2.72 bits per heavy atom. The molecule has 1 unspecified atom stereocenters. The molecule has 1 fully saturated rings. The van der Waals surface area contributed by atoms with Gasteiger partial charge in [0.15, 0.2) is 0 Å². The van der Waals surface area contributed by atoms with Crippen molar-refractivity contribution in [2.75, 3.05) is 18.4 Å². The van der Waals surface area contributed by atoms with Crippen molar-refractivity contribution in [2.24, 2.45) is 11.8 Å². The number of halogens is 3. The molecule has 3 nitrogen and oxygen atoms in total. The van der Waals surface area contributed by atoms with Gasteiger partial charge < -0.3 is 10.6 Å². The maximum atomic E-state index is 13.5. The Bertz CT molecular complexity index is 440. The molecule has 0 saturated carbocycles. The van der Waals surface area contributed by atoms with Gasteiger partial charge in [-0.05, 0) is 37.2 Å². The van der Waals surface area contributed by atoms with Crippen molar-refractivity contribution in [3.05, 3.63) is 28.5 Å². The lowest BCUT2D eigenvalue weighted by Crippen LogP contribution is -2.48. The molecule has 0 radical (unpaired) electrons. The van der Waals surface area contributed by atoms with Gasteiger partial charge in [0.1, 0.15) is 5.82 Å². The summed E-state index contributed by atoms with van der Waals surface area (Å²) in [6.07, 6.45) is 0. The van der Waals surface area contributed by atoms with Gasteiger partial charge in [0.25, 0.3) is 0 Å². The lowest BCUT2D eigenvalue weighted by molar-refractivity contribution is -0.121. The van der Waals surface area contributed by atoms with Crippen molar-refractivity contribution in [3.63, 3.8) is 0 Å². The van der Waals surface area contributed by atoms with Crippen LogP contribution in [0.15, 0.2) is 22.7 Å². The predicted molar refractivity (Wildman–Crippen MR) is 75.5 cm³/mol. The lowest BCUT2D eigenvalue weighted by Gasteiger charge is -2.31. The van der Waals surface area contributed by atoms with E-state index < -0.39 is 5.82 Å². The van der Waals surface area contributed by atoms with E-state index in [1.54, 1.807) is 12.1 Å². The SMILES string of the molecule is CC(C(=O)Nc1ccc(Br)cc1F)C1CNC1.Cl. The Balaban J connectivity index is 0.00000162. The average Bonchev–Trinajstić information content (AvgIpc) is 2.19. The van der Waals surface area contributed by atoms with Crippen molar-refractivity contribution >= 4 is 39.9 Å². The van der Waals surface area contributed by atoms with E-state index in [0.717, 1.165) is 13.1 Å². The van der Waals surface area contributed by atoms with Crippen LogP contribution in [0.2, 0.25) is 0 Å². The molecular formula is C12H15BrClFN2O. The van der Waals surface area contributed by atoms with Crippen LogP contribution in [0.3, 0.4) is 0 Å². The summed E-state index contributed by atoms with van der Waals surface area (Å²) in [6.45, 7) is 3.59. The van der Waals surface area contributed by atoms with Crippen LogP contribution < -0.4 is 10.6 Å². The van der Waals surface area contributed by atoms with E-state index in [1.165, 1.54) is 6.07 Å². The molecule has 0 aromatic heterocycles. The first-order valence-corrected chi connectivity index (χ1v) is 6.34. The monoisotopic (exact) mass is 336 g/mol. The van der Waals surface area contributed by atoms with Crippen molar-refractivity contribution < 1.29 is 9.18 Å². The zero-order chi connectivity index (χ0) is 12.4. The van der Waals surface area contributed by atoms with Gasteiger partial charge in [-0.3, -0.25) is 4.79 Å². The highest BCUT2D eigenvalue weighted by atomic mass is 79.9. The average molecular weight is 338 g/mol. The second-order valence-corrected chi connectivity index (χ2v) is 5.24. The van der Waals surface area contributed by atoms with Crippen molar-refractivity contribution in [1.29, 1.82) is 0 Å². The molecule has 18 heavy (non-hydrogen) atoms. The second kappa shape index (κ2) is 6.50. The van der Waals surface area contributed by atoms with Crippen molar-refractivity contribution in [3.8, 4) is 0 Å². The number of amides is 1. The number of carbonyl (C=O) groups is 1. The Kier molecular flexibility index (Phi) is 5.56. The standard InChI is InChI=1S/C12H14BrFN2O.ClH/c1-7(8-5-15-6-8)12(17)16-11-3-2-9(13)4-10(11)14;/h2-4,7-8,15H,5-6H2,1H3,(H,16,17);1H. The van der Waals surface area contributed by atoms with Crippen molar-refractivity contribution in [1.82, 2.24) is 5.32 Å². The second-order valence-electron chi connectivity index (χ2n) is 4.32. The smallest absolute Gasteiger partial charge is 0.227 e. The number of anilines is 1. The first kappa shape index (κ1) is 15.4. The fourth-order valence-corrected chi connectivity index (χ4v) is 2.05. The maximum absolute atomic E-state index is 13.5. The molecule has 6 heteroatoms. The first-order valence-electron chi connectivity index (χ1n) is 5.54. The summed E-state index contributed by atoms with van der Waals surface area (Å²) >= 11 is 3.17. The number of carbonyl (C=O) groups excluding carboxylic acids is 1. The third-order valence-electron chi connectivity index (χ3n) is 3.12. The van der Waals surface area contributed by atoms with Crippen LogP contribution in [0.25, 0.3) is 0 Å². The summed E-state index contributed by atoms with van der Waals surface area (Å²) in [6, 6.07) is 4.60. The van der Waals surface area contributed by atoms with E-state index in [9.17, 15) is 9.18 Å². The van der Waals surface area contributed by atoms with Gasteiger partial charge in [-0.25, -0.2) is 4.39 Å². The molecule has 1 saturated heterocycles. The molecule has 0 aliphatic carbocycles. The van der Waals surface area contributed by atoms with E-state index in [4.69, 9.17) is 0 Å². The van der Waals surface area contributed by atoms with Gasteiger partial charge in [0.05, 0.1) is 5.69 Å². The van der Waals surface area contributed by atoms with Crippen LogP contribution in [0, 0.1) is 17.7 Å². The van der Waals surface area contributed by atoms with Crippen molar-refractivity contribution in [2.45, 2.75) is 6.92 Å². The zero-order valence-electron chi connectivity index (χ0n) is 9.87. The highest BCUT2D eigenvalue weighted by Gasteiger charge is 2.28. The summed E-state index contributed by atoms with van der Waals surface area (Å²) < 4.78 is 14.2. The quantitative estimate of drug-likeness (QED) is 0.890. The van der Waals surface area contributed by atoms with Gasteiger partial charge in [-0.2, -0.15) is 0 Å². The lowest BCUT2D eigenvalue weighted by atomic mass is 9.88. The van der Waals surface area contributed by atoms with E-state index in [1.807, 2.05) is 6.92 Å². The molecule has 0 bridgehead atoms. The van der Waals surface area contributed by atoms with Gasteiger partial charge in [-0.1, -0.05) is 22.9 Å². The summed E-state index contributed by atoms with van der Waals surface area (Å²) in [5.74, 6) is -0.294. The minimum Gasteiger partial charge on any atom is -0.323 e. The van der Waals surface area contributed by atoms with Gasteiger partial charge in [-0.15, -0.1) is 12.4 Å². The molecule has 1 aliphatic rings. The van der Waals surface area contributed by atoms with Gasteiger partial charge >= 0.3 is 0 Å². The summed E-state index contributed by atoms with van der Waals surface area (Å²) in [7, 11) is 0. The molecule has 1 aromatic rings. The van der Waals surface area contributed by atoms with Crippen LogP contribution in [0.4, 0.5) is 10.1 Å². The normalized spacial score (nSPS) is 16.4. The summed E-state index contributed by atoms with van der Waals surface area (Å²) in [5.41, 5.74) is 0.234. The number of nitrogens with one attached hydrogen (secondary N) is 2. The van der Waals surface area contributed by atoms with Crippen LogP contribution in [0.5, 0.6) is 0 Å². The molecule has 100 valence electrons. The fraction of sp³-hybridized carbons (Fsp3) is 0.417. The largest absolute Gasteiger partial charge is 0.323 e. The first-order chi connectivity index (χ1) is 8.08. The fourth-order valence-electron chi connectivity index (χ4n) is 1.72. The molecule has 1 aromatic carbocycles. The van der Waals surface area contributed by atoms with Crippen LogP contribution >= 0.6 is 28.3 Å². The minimum absolute atomic E-state index is 0. The topological polar surface area (TPSA) is 41.1 Å². The molecular weight excluding hydrogens is 322 g/mol. The Morgan fingerprint density at radius 2 is 2.22 bits per heavy atom. The minimum atomic E-state index is -0.424. The molecule has 1 aliphatic heterocycles. The molecule has 2 N–H and O–H groups in total. The summed E-state index contributed by atoms with van der Waals surface area (Å²) in [5, 5.41) is 5.74. The van der Waals surface area contributed by atoms with Crippen LogP contribution in [0.1, 0.15) is 6.92 Å². The highest BCUT2D eigenvalue weighted by molar-refractivity contribution is 9.10. The number of rotatable bonds is 3. The van der Waals surface area contributed by atoms with Gasteiger partial charge in [0.2, 0.25) is 5.91 Å². The Hall–Kier alpha value is -0.650. The third-order valence-corrected chi connectivity index (χ3v) is 3.62. The van der Waals surface area contributed by atoms with Crippen LogP contribution in [-0.2, 0) is 4.79 Å². The molecule has 1 atom stereocenters. The maximum Gasteiger partial charge on any atom is 0.227 e. The van der Waals surface area contributed by atoms with E-state index in [0.29, 0.717) is 10.4 Å². The Morgan fingerprint density at radius 1 is 1.56 bits per heavy atom. The number of hydrogen-bond acceptors (Lipinski definition) is 2. The number of hydrogen-bond donors (Lipinski definition) is 2. The van der Waals surface area contributed by atoms with E-state index in [2.05, 4.69) is 26.6 Å².